The van der Waals surface area contributed by atoms with Crippen molar-refractivity contribution in [1.82, 2.24) is 19.5 Å². The van der Waals surface area contributed by atoms with E-state index in [1.165, 1.54) is 23.8 Å². The van der Waals surface area contributed by atoms with Gasteiger partial charge in [-0.3, -0.25) is 14.8 Å². The van der Waals surface area contributed by atoms with Crippen molar-refractivity contribution in [3.8, 4) is 0 Å². The Hall–Kier alpha value is -2.34. The fourth-order valence-electron chi connectivity index (χ4n) is 3.58. The Morgan fingerprint density at radius 3 is 3.04 bits per heavy atom. The monoisotopic (exact) mass is 326 g/mol. The highest BCUT2D eigenvalue weighted by Crippen LogP contribution is 2.32. The fourth-order valence-corrected chi connectivity index (χ4v) is 3.58. The highest BCUT2D eigenvalue weighted by molar-refractivity contribution is 5.36. The van der Waals surface area contributed by atoms with Gasteiger partial charge in [0.15, 0.2) is 5.65 Å². The lowest BCUT2D eigenvalue weighted by Gasteiger charge is -2.28. The van der Waals surface area contributed by atoms with E-state index in [1.807, 2.05) is 19.1 Å². The van der Waals surface area contributed by atoms with Crippen LogP contribution in [0.25, 0.3) is 5.65 Å². The molecule has 1 unspecified atom stereocenters. The predicted octanol–water partition coefficient (Wildman–Crippen LogP) is 3.04. The number of H-pyrrole nitrogens is 1. The molecule has 1 fully saturated rings. The normalized spacial score (nSPS) is 19.6. The average Bonchev–Trinajstić information content (AvgIpc) is 3.13. The van der Waals surface area contributed by atoms with Crippen molar-refractivity contribution in [3.63, 3.8) is 0 Å². The van der Waals surface area contributed by atoms with Gasteiger partial charge >= 0.3 is 0 Å². The molecule has 1 saturated heterocycles. The maximum atomic E-state index is 12.2. The first-order valence-corrected chi connectivity index (χ1v) is 8.57. The van der Waals surface area contributed by atoms with Crippen LogP contribution in [0.4, 0.5) is 0 Å². The zero-order valence-electron chi connectivity index (χ0n) is 13.9. The number of rotatable bonds is 3. The molecule has 126 valence electrons. The van der Waals surface area contributed by atoms with Crippen molar-refractivity contribution in [1.29, 1.82) is 0 Å². The van der Waals surface area contributed by atoms with Gasteiger partial charge in [-0.15, -0.1) is 0 Å². The van der Waals surface area contributed by atoms with Crippen molar-refractivity contribution >= 4 is 5.65 Å². The summed E-state index contributed by atoms with van der Waals surface area (Å²) in [5.41, 5.74) is 1.41. The van der Waals surface area contributed by atoms with Gasteiger partial charge < -0.3 is 4.42 Å². The number of likely N-dealkylation sites (tertiary alicyclic amines) is 1. The molecule has 6 nitrogen and oxygen atoms in total. The summed E-state index contributed by atoms with van der Waals surface area (Å²) in [6.07, 6.45) is 6.42. The van der Waals surface area contributed by atoms with Crippen LogP contribution in [0.15, 0.2) is 39.7 Å². The quantitative estimate of drug-likeness (QED) is 0.803. The van der Waals surface area contributed by atoms with Crippen LogP contribution in [0, 0.1) is 6.92 Å². The lowest BCUT2D eigenvalue weighted by Crippen LogP contribution is -2.29. The molecule has 1 aliphatic rings. The molecular formula is C18H22N4O2. The summed E-state index contributed by atoms with van der Waals surface area (Å²) in [7, 11) is 0. The third-order valence-corrected chi connectivity index (χ3v) is 4.75. The second-order valence-electron chi connectivity index (χ2n) is 6.53. The minimum absolute atomic E-state index is 0.0692. The Balaban J connectivity index is 1.64. The summed E-state index contributed by atoms with van der Waals surface area (Å²) in [6, 6.07) is 7.80. The molecule has 3 aromatic rings. The summed E-state index contributed by atoms with van der Waals surface area (Å²) in [4.78, 5) is 19.2. The highest BCUT2D eigenvalue weighted by Gasteiger charge is 2.25. The van der Waals surface area contributed by atoms with Crippen LogP contribution in [0.3, 0.4) is 0 Å². The zero-order chi connectivity index (χ0) is 16.5. The third-order valence-electron chi connectivity index (χ3n) is 4.75. The minimum atomic E-state index is -0.0692. The van der Waals surface area contributed by atoms with Gasteiger partial charge in [0.25, 0.3) is 5.56 Å². The van der Waals surface area contributed by atoms with E-state index in [4.69, 9.17) is 4.42 Å². The molecule has 4 rings (SSSR count). The van der Waals surface area contributed by atoms with Crippen molar-refractivity contribution in [2.45, 2.75) is 45.2 Å². The molecular weight excluding hydrogens is 304 g/mol. The summed E-state index contributed by atoms with van der Waals surface area (Å²) in [6.45, 7) is 3.65. The van der Waals surface area contributed by atoms with Gasteiger partial charge in [-0.2, -0.15) is 0 Å². The molecule has 3 aromatic heterocycles. The Bertz CT molecular complexity index is 892. The lowest BCUT2D eigenvalue weighted by atomic mass is 10.1. The van der Waals surface area contributed by atoms with Crippen LogP contribution in [0.1, 0.15) is 48.9 Å². The first kappa shape index (κ1) is 15.2. The Morgan fingerprint density at radius 1 is 1.29 bits per heavy atom. The van der Waals surface area contributed by atoms with Crippen molar-refractivity contribution in [3.05, 3.63) is 58.0 Å². The molecule has 1 N–H and O–H groups in total. The van der Waals surface area contributed by atoms with Crippen LogP contribution in [0.2, 0.25) is 0 Å². The van der Waals surface area contributed by atoms with E-state index in [1.54, 1.807) is 12.3 Å². The standard InChI is InChI=1S/C18H22N4O2/c1-13-6-7-16(24-13)15-5-3-2-4-10-21(15)12-14-11-18(23)22-17(20-14)8-9-19-22/h6-9,11,15,19H,2-5,10,12H2,1H3. The number of hydrogen-bond acceptors (Lipinski definition) is 4. The maximum Gasteiger partial charge on any atom is 0.272 e. The van der Waals surface area contributed by atoms with Gasteiger partial charge in [-0.1, -0.05) is 12.8 Å². The predicted molar refractivity (Wildman–Crippen MR) is 90.9 cm³/mol. The van der Waals surface area contributed by atoms with E-state index in [2.05, 4.69) is 21.0 Å². The topological polar surface area (TPSA) is 66.5 Å². The zero-order valence-corrected chi connectivity index (χ0v) is 13.9. The van der Waals surface area contributed by atoms with Gasteiger partial charge in [0, 0.05) is 24.9 Å². The number of aromatic amines is 1. The van der Waals surface area contributed by atoms with E-state index in [0.29, 0.717) is 12.2 Å². The Kier molecular flexibility index (Phi) is 3.98. The number of furan rings is 1. The molecule has 0 amide bonds. The van der Waals surface area contributed by atoms with Gasteiger partial charge in [-0.25, -0.2) is 9.50 Å². The van der Waals surface area contributed by atoms with Crippen LogP contribution >= 0.6 is 0 Å². The van der Waals surface area contributed by atoms with E-state index in [9.17, 15) is 4.79 Å². The van der Waals surface area contributed by atoms with Crippen LogP contribution in [-0.2, 0) is 6.54 Å². The number of aromatic nitrogens is 3. The first-order chi connectivity index (χ1) is 11.7. The molecule has 0 bridgehead atoms. The van der Waals surface area contributed by atoms with E-state index in [0.717, 1.165) is 30.2 Å². The third kappa shape index (κ3) is 2.89. The minimum Gasteiger partial charge on any atom is -0.465 e. The highest BCUT2D eigenvalue weighted by atomic mass is 16.3. The lowest BCUT2D eigenvalue weighted by molar-refractivity contribution is 0.166. The second-order valence-corrected chi connectivity index (χ2v) is 6.53. The number of nitrogens with zero attached hydrogens (tertiary/aromatic N) is 3. The van der Waals surface area contributed by atoms with Gasteiger partial charge in [0.1, 0.15) is 11.5 Å². The number of nitrogens with one attached hydrogen (secondary N) is 1. The van der Waals surface area contributed by atoms with Gasteiger partial charge in [0.2, 0.25) is 0 Å². The van der Waals surface area contributed by atoms with Crippen LogP contribution in [0.5, 0.6) is 0 Å². The van der Waals surface area contributed by atoms with Gasteiger partial charge in [-0.05, 0) is 38.4 Å². The SMILES string of the molecule is Cc1ccc(C2CCCCCN2Cc2cc(=O)n3[nH]ccc3n2)o1. The molecule has 0 radical (unpaired) electrons. The average molecular weight is 326 g/mol. The van der Waals surface area contributed by atoms with Gasteiger partial charge in [0.05, 0.1) is 11.7 Å². The smallest absolute Gasteiger partial charge is 0.272 e. The Morgan fingerprint density at radius 2 is 2.21 bits per heavy atom. The summed E-state index contributed by atoms with van der Waals surface area (Å²) in [5.74, 6) is 1.97. The van der Waals surface area contributed by atoms with Crippen molar-refractivity contribution in [2.24, 2.45) is 0 Å². The Labute approximate surface area is 140 Å². The van der Waals surface area contributed by atoms with Crippen molar-refractivity contribution in [2.75, 3.05) is 6.54 Å². The van der Waals surface area contributed by atoms with Crippen molar-refractivity contribution < 1.29 is 4.42 Å². The fraction of sp³-hybridized carbons (Fsp3) is 0.444. The molecule has 6 heteroatoms. The number of aryl methyl sites for hydroxylation is 1. The largest absolute Gasteiger partial charge is 0.465 e. The van der Waals surface area contributed by atoms with Crippen LogP contribution in [-0.4, -0.2) is 26.0 Å². The molecule has 1 aliphatic heterocycles. The number of hydrogen-bond donors (Lipinski definition) is 1. The molecule has 24 heavy (non-hydrogen) atoms. The first-order valence-electron chi connectivity index (χ1n) is 8.57. The molecule has 4 heterocycles. The molecule has 0 saturated carbocycles. The summed E-state index contributed by atoms with van der Waals surface area (Å²) >= 11 is 0. The molecule has 0 aliphatic carbocycles. The van der Waals surface area contributed by atoms with E-state index in [-0.39, 0.29) is 11.6 Å². The summed E-state index contributed by atoms with van der Waals surface area (Å²) in [5, 5.41) is 2.88. The molecule has 1 atom stereocenters. The summed E-state index contributed by atoms with van der Waals surface area (Å²) < 4.78 is 7.35. The van der Waals surface area contributed by atoms with E-state index < -0.39 is 0 Å². The molecule has 0 spiro atoms. The van der Waals surface area contributed by atoms with E-state index >= 15 is 0 Å². The maximum absolute atomic E-state index is 12.2. The molecule has 0 aromatic carbocycles. The van der Waals surface area contributed by atoms with Crippen LogP contribution < -0.4 is 5.56 Å². The second kappa shape index (κ2) is 6.28. The number of fused-ring (bicyclic) bond motifs is 1.